The zero-order valence-electron chi connectivity index (χ0n) is 6.56. The first-order chi connectivity index (χ1) is 4.84. The highest BCUT2D eigenvalue weighted by Crippen LogP contribution is 2.36. The maximum atomic E-state index is 3.64. The van der Waals surface area contributed by atoms with E-state index in [4.69, 9.17) is 0 Å². The molecule has 0 N–H and O–H groups in total. The van der Waals surface area contributed by atoms with E-state index in [2.05, 4.69) is 25.3 Å². The molecule has 0 aromatic rings. The molecule has 0 radical (unpaired) electrons. The Hall–Kier alpha value is -0.700. The highest BCUT2D eigenvalue weighted by Gasteiger charge is 2.30. The fraction of sp³-hybridized carbons (Fsp3) is 0.600. The summed E-state index contributed by atoms with van der Waals surface area (Å²) < 4.78 is 0. The Bertz CT molecular complexity index is 168. The Morgan fingerprint density at radius 1 is 1.70 bits per heavy atom. The van der Waals surface area contributed by atoms with Crippen LogP contribution in [-0.4, -0.2) is 0 Å². The first-order valence-electron chi connectivity index (χ1n) is 3.94. The van der Waals surface area contributed by atoms with E-state index in [-0.39, 0.29) is 0 Å². The molecule has 0 aliphatic heterocycles. The van der Waals surface area contributed by atoms with Crippen molar-refractivity contribution in [2.24, 2.45) is 11.8 Å². The summed E-state index contributed by atoms with van der Waals surface area (Å²) in [4.78, 5) is 0. The second-order valence-electron chi connectivity index (χ2n) is 2.97. The van der Waals surface area contributed by atoms with Crippen molar-refractivity contribution in [1.82, 2.24) is 0 Å². The number of unbranched alkanes of at least 4 members (excludes halogenated alkanes) is 1. The third-order valence-corrected chi connectivity index (χ3v) is 1.87. The molecule has 0 unspecified atom stereocenters. The normalized spacial score (nSPS) is 28.5. The van der Waals surface area contributed by atoms with Gasteiger partial charge >= 0.3 is 0 Å². The van der Waals surface area contributed by atoms with E-state index < -0.39 is 0 Å². The lowest BCUT2D eigenvalue weighted by molar-refractivity contribution is 0.915. The maximum absolute atomic E-state index is 3.64. The third kappa shape index (κ3) is 2.27. The van der Waals surface area contributed by atoms with Gasteiger partial charge in [-0.05, 0) is 18.8 Å². The van der Waals surface area contributed by atoms with Crippen molar-refractivity contribution < 1.29 is 0 Å². The molecule has 0 heteroatoms. The van der Waals surface area contributed by atoms with Gasteiger partial charge in [-0.3, -0.25) is 0 Å². The lowest BCUT2D eigenvalue weighted by atomic mass is 10.3. The smallest absolute Gasteiger partial charge is 0.0231 e. The second-order valence-corrected chi connectivity index (χ2v) is 2.97. The highest BCUT2D eigenvalue weighted by atomic mass is 14.3. The summed E-state index contributed by atoms with van der Waals surface area (Å²) in [6.45, 7) is 5.90. The Kier molecular flexibility index (Phi) is 2.57. The Morgan fingerprint density at radius 3 is 2.90 bits per heavy atom. The van der Waals surface area contributed by atoms with Gasteiger partial charge in [-0.25, -0.2) is 0 Å². The number of rotatable bonds is 2. The molecule has 0 saturated heterocycles. The fourth-order valence-corrected chi connectivity index (χ4v) is 0.901. The number of hydrogen-bond acceptors (Lipinski definition) is 0. The summed E-state index contributed by atoms with van der Waals surface area (Å²) in [5.41, 5.74) is 0. The highest BCUT2D eigenvalue weighted by molar-refractivity contribution is 5.12. The first kappa shape index (κ1) is 7.41. The van der Waals surface area contributed by atoms with Gasteiger partial charge in [0.15, 0.2) is 0 Å². The van der Waals surface area contributed by atoms with Crippen molar-refractivity contribution >= 4 is 0 Å². The van der Waals surface area contributed by atoms with E-state index in [1.807, 2.05) is 6.08 Å². The van der Waals surface area contributed by atoms with E-state index in [0.29, 0.717) is 0 Å². The van der Waals surface area contributed by atoms with Gasteiger partial charge in [0.1, 0.15) is 0 Å². The van der Waals surface area contributed by atoms with Crippen LogP contribution in [0, 0.1) is 23.7 Å². The van der Waals surface area contributed by atoms with Crippen LogP contribution < -0.4 is 0 Å². The molecule has 0 nitrogen and oxygen atoms in total. The largest absolute Gasteiger partial charge is 0.103 e. The van der Waals surface area contributed by atoms with Gasteiger partial charge in [0.05, 0.1) is 0 Å². The van der Waals surface area contributed by atoms with Gasteiger partial charge in [-0.1, -0.05) is 18.9 Å². The SMILES string of the molecule is C=CCCC#C[C@@H]1C[C@H]1C. The van der Waals surface area contributed by atoms with Crippen LogP contribution in [0.25, 0.3) is 0 Å². The second kappa shape index (κ2) is 3.46. The summed E-state index contributed by atoms with van der Waals surface area (Å²) >= 11 is 0. The zero-order chi connectivity index (χ0) is 7.40. The molecule has 10 heavy (non-hydrogen) atoms. The lowest BCUT2D eigenvalue weighted by Crippen LogP contribution is -1.70. The van der Waals surface area contributed by atoms with Crippen LogP contribution in [-0.2, 0) is 0 Å². The van der Waals surface area contributed by atoms with Crippen LogP contribution in [0.3, 0.4) is 0 Å². The van der Waals surface area contributed by atoms with Crippen molar-refractivity contribution in [1.29, 1.82) is 0 Å². The molecule has 1 aliphatic rings. The van der Waals surface area contributed by atoms with Crippen LogP contribution in [0.5, 0.6) is 0 Å². The van der Waals surface area contributed by atoms with Crippen molar-refractivity contribution in [3.63, 3.8) is 0 Å². The van der Waals surface area contributed by atoms with Crippen molar-refractivity contribution in [2.75, 3.05) is 0 Å². The molecule has 0 bridgehead atoms. The average Bonchev–Trinajstić information content (AvgIpc) is 2.60. The van der Waals surface area contributed by atoms with Crippen molar-refractivity contribution in [2.45, 2.75) is 26.2 Å². The van der Waals surface area contributed by atoms with E-state index in [1.54, 1.807) is 0 Å². The van der Waals surface area contributed by atoms with Crippen LogP contribution in [0.15, 0.2) is 12.7 Å². The van der Waals surface area contributed by atoms with E-state index in [9.17, 15) is 0 Å². The van der Waals surface area contributed by atoms with Crippen LogP contribution in [0.4, 0.5) is 0 Å². The summed E-state index contributed by atoms with van der Waals surface area (Å²) in [7, 11) is 0. The lowest BCUT2D eigenvalue weighted by Gasteiger charge is -1.79. The Balaban J connectivity index is 2.08. The van der Waals surface area contributed by atoms with Gasteiger partial charge < -0.3 is 0 Å². The van der Waals surface area contributed by atoms with Crippen LogP contribution >= 0.6 is 0 Å². The van der Waals surface area contributed by atoms with Gasteiger partial charge in [-0.15, -0.1) is 12.5 Å². The van der Waals surface area contributed by atoms with Crippen LogP contribution in [0.2, 0.25) is 0 Å². The predicted molar refractivity (Wildman–Crippen MR) is 44.5 cm³/mol. The molecule has 1 fully saturated rings. The molecular weight excluding hydrogens is 120 g/mol. The van der Waals surface area contributed by atoms with Gasteiger partial charge in [0.2, 0.25) is 0 Å². The summed E-state index contributed by atoms with van der Waals surface area (Å²) in [5.74, 6) is 8.00. The van der Waals surface area contributed by atoms with E-state index in [1.165, 1.54) is 6.42 Å². The summed E-state index contributed by atoms with van der Waals surface area (Å²) in [6.07, 6.45) is 5.27. The molecule has 1 rings (SSSR count). The molecule has 0 amide bonds. The van der Waals surface area contributed by atoms with Gasteiger partial charge in [0.25, 0.3) is 0 Å². The minimum atomic E-state index is 0.727. The fourth-order valence-electron chi connectivity index (χ4n) is 0.901. The predicted octanol–water partition coefficient (Wildman–Crippen LogP) is 2.61. The van der Waals surface area contributed by atoms with Crippen LogP contribution in [0.1, 0.15) is 26.2 Å². The maximum Gasteiger partial charge on any atom is 0.0231 e. The minimum absolute atomic E-state index is 0.727. The van der Waals surface area contributed by atoms with Crippen molar-refractivity contribution in [3.05, 3.63) is 12.7 Å². The van der Waals surface area contributed by atoms with Gasteiger partial charge in [-0.2, -0.15) is 0 Å². The number of allylic oxidation sites excluding steroid dienone is 1. The zero-order valence-corrected chi connectivity index (χ0v) is 6.56. The Labute approximate surface area is 63.3 Å². The first-order valence-corrected chi connectivity index (χ1v) is 3.94. The Morgan fingerprint density at radius 2 is 2.40 bits per heavy atom. The molecule has 54 valence electrons. The quantitative estimate of drug-likeness (QED) is 0.309. The molecule has 0 aromatic carbocycles. The van der Waals surface area contributed by atoms with Gasteiger partial charge in [0, 0.05) is 12.3 Å². The minimum Gasteiger partial charge on any atom is -0.103 e. The number of hydrogen-bond donors (Lipinski definition) is 0. The molecule has 1 aliphatic carbocycles. The molecule has 1 saturated carbocycles. The topological polar surface area (TPSA) is 0 Å². The summed E-state index contributed by atoms with van der Waals surface area (Å²) in [6, 6.07) is 0. The average molecular weight is 134 g/mol. The molecule has 0 heterocycles. The third-order valence-electron chi connectivity index (χ3n) is 1.87. The van der Waals surface area contributed by atoms with E-state index in [0.717, 1.165) is 24.7 Å². The van der Waals surface area contributed by atoms with Crippen molar-refractivity contribution in [3.8, 4) is 11.8 Å². The van der Waals surface area contributed by atoms with E-state index >= 15 is 0 Å². The molecule has 0 aromatic heterocycles. The monoisotopic (exact) mass is 134 g/mol. The standard InChI is InChI=1S/C10H14/c1-3-4-5-6-7-10-8-9(10)2/h3,9-10H,1,4-5,8H2,2H3/t9-,10-/m1/s1. The molecule has 2 atom stereocenters. The molecule has 0 spiro atoms. The molecular formula is C10H14. The summed E-state index contributed by atoms with van der Waals surface area (Å²) in [5, 5.41) is 0.